The first kappa shape index (κ1) is 18.5. The summed E-state index contributed by atoms with van der Waals surface area (Å²) < 4.78 is 11.0. The van der Waals surface area contributed by atoms with E-state index in [4.69, 9.17) is 9.47 Å². The number of fused-ring (bicyclic) bond motifs is 4. The highest BCUT2D eigenvalue weighted by atomic mass is 16.6. The lowest BCUT2D eigenvalue weighted by Gasteiger charge is -2.36. The third kappa shape index (κ3) is 4.68. The van der Waals surface area contributed by atoms with Gasteiger partial charge in [0.05, 0.1) is 6.04 Å². The van der Waals surface area contributed by atoms with Crippen LogP contribution < -0.4 is 0 Å². The average molecular weight is 360 g/mol. The second-order valence-electron chi connectivity index (χ2n) is 8.18. The highest BCUT2D eigenvalue weighted by molar-refractivity contribution is 5.70. The Balaban J connectivity index is 1.60. The van der Waals surface area contributed by atoms with Crippen molar-refractivity contribution in [1.29, 1.82) is 0 Å². The van der Waals surface area contributed by atoms with Crippen LogP contribution in [0.15, 0.2) is 30.3 Å². The fourth-order valence-corrected chi connectivity index (χ4v) is 3.59. The zero-order valence-electron chi connectivity index (χ0n) is 15.8. The van der Waals surface area contributed by atoms with Gasteiger partial charge in [-0.05, 0) is 45.1 Å². The molecule has 3 aliphatic heterocycles. The van der Waals surface area contributed by atoms with Crippen molar-refractivity contribution in [3.05, 3.63) is 35.9 Å². The molecule has 0 aromatic heterocycles. The van der Waals surface area contributed by atoms with Gasteiger partial charge in [-0.25, -0.2) is 9.59 Å². The lowest BCUT2D eigenvalue weighted by atomic mass is 9.95. The molecule has 142 valence electrons. The molecule has 3 saturated heterocycles. The highest BCUT2D eigenvalue weighted by Crippen LogP contribution is 2.29. The number of ether oxygens (including phenoxy) is 2. The summed E-state index contributed by atoms with van der Waals surface area (Å²) in [5, 5.41) is 0. The van der Waals surface area contributed by atoms with E-state index in [-0.39, 0.29) is 30.8 Å². The minimum Gasteiger partial charge on any atom is -0.445 e. The summed E-state index contributed by atoms with van der Waals surface area (Å²) in [6.45, 7) is 7.65. The van der Waals surface area contributed by atoms with Crippen LogP contribution in [0.2, 0.25) is 0 Å². The van der Waals surface area contributed by atoms with Gasteiger partial charge in [0.1, 0.15) is 12.2 Å². The third-order valence-corrected chi connectivity index (χ3v) is 4.80. The topological polar surface area (TPSA) is 59.1 Å². The summed E-state index contributed by atoms with van der Waals surface area (Å²) in [5.41, 5.74) is 0.450. The maximum absolute atomic E-state index is 12.5. The van der Waals surface area contributed by atoms with Crippen LogP contribution in [-0.2, 0) is 16.1 Å². The Morgan fingerprint density at radius 3 is 2.46 bits per heavy atom. The predicted molar refractivity (Wildman–Crippen MR) is 97.7 cm³/mol. The van der Waals surface area contributed by atoms with E-state index in [1.54, 1.807) is 9.80 Å². The summed E-state index contributed by atoms with van der Waals surface area (Å²) in [5.74, 6) is 0.269. The molecule has 0 spiro atoms. The summed E-state index contributed by atoms with van der Waals surface area (Å²) in [7, 11) is 0. The van der Waals surface area contributed by atoms with Crippen molar-refractivity contribution in [2.75, 3.05) is 19.6 Å². The zero-order valence-corrected chi connectivity index (χ0v) is 15.8. The van der Waals surface area contributed by atoms with Crippen molar-refractivity contribution >= 4 is 12.2 Å². The predicted octanol–water partition coefficient (Wildman–Crippen LogP) is 3.65. The van der Waals surface area contributed by atoms with Gasteiger partial charge in [0, 0.05) is 19.6 Å². The number of piperidine rings is 1. The van der Waals surface area contributed by atoms with E-state index < -0.39 is 5.60 Å². The molecule has 3 heterocycles. The number of nitrogens with zero attached hydrogens (tertiary/aromatic N) is 2. The Labute approximate surface area is 155 Å². The van der Waals surface area contributed by atoms with Gasteiger partial charge in [0.25, 0.3) is 0 Å². The quantitative estimate of drug-likeness (QED) is 0.808. The summed E-state index contributed by atoms with van der Waals surface area (Å²) in [4.78, 5) is 28.6. The highest BCUT2D eigenvalue weighted by Gasteiger charge is 2.40. The number of carbonyl (C=O) groups excluding carboxylic acids is 2. The van der Waals surface area contributed by atoms with Crippen molar-refractivity contribution in [2.45, 2.75) is 51.9 Å². The van der Waals surface area contributed by atoms with Crippen molar-refractivity contribution < 1.29 is 19.1 Å². The van der Waals surface area contributed by atoms with E-state index in [0.29, 0.717) is 19.6 Å². The monoisotopic (exact) mass is 360 g/mol. The van der Waals surface area contributed by atoms with E-state index in [1.165, 1.54) is 0 Å². The van der Waals surface area contributed by atoms with Gasteiger partial charge in [-0.1, -0.05) is 30.3 Å². The minimum absolute atomic E-state index is 0.00660. The second-order valence-corrected chi connectivity index (χ2v) is 8.18. The molecule has 2 bridgehead atoms. The van der Waals surface area contributed by atoms with Gasteiger partial charge in [-0.15, -0.1) is 0 Å². The van der Waals surface area contributed by atoms with Gasteiger partial charge < -0.3 is 19.3 Å². The Morgan fingerprint density at radius 1 is 1.04 bits per heavy atom. The molecule has 0 radical (unpaired) electrons. The lowest BCUT2D eigenvalue weighted by molar-refractivity contribution is 0.00727. The molecule has 1 aromatic carbocycles. The molecule has 6 nitrogen and oxygen atoms in total. The van der Waals surface area contributed by atoms with E-state index in [0.717, 1.165) is 18.4 Å². The molecule has 4 rings (SSSR count). The van der Waals surface area contributed by atoms with Gasteiger partial charge >= 0.3 is 12.2 Å². The van der Waals surface area contributed by atoms with Crippen LogP contribution in [0.3, 0.4) is 0 Å². The first-order chi connectivity index (χ1) is 12.3. The van der Waals surface area contributed by atoms with Crippen LogP contribution in [-0.4, -0.2) is 53.3 Å². The van der Waals surface area contributed by atoms with Gasteiger partial charge in [0.15, 0.2) is 0 Å². The van der Waals surface area contributed by atoms with Crippen LogP contribution in [0, 0.1) is 5.92 Å². The Morgan fingerprint density at radius 2 is 1.77 bits per heavy atom. The van der Waals surface area contributed by atoms with Gasteiger partial charge in [-0.3, -0.25) is 0 Å². The SMILES string of the molecule is CC(C)(C)OC(=O)N1C[C@H]2CC[C@@H]1CN(C(=O)OCc1ccccc1)C2. The number of rotatable bonds is 2. The summed E-state index contributed by atoms with van der Waals surface area (Å²) in [6, 6.07) is 9.64. The standard InChI is InChI=1S/C20H28N2O4/c1-20(2,3)26-19(24)22-12-16-9-10-17(22)13-21(11-16)18(23)25-14-15-7-5-4-6-8-15/h4-8,16-17H,9-14H2,1-3H3/t16-,17+/m0/s1. The van der Waals surface area contributed by atoms with Crippen LogP contribution in [0.4, 0.5) is 9.59 Å². The average Bonchev–Trinajstić information content (AvgIpc) is 2.91. The number of carbonyl (C=O) groups is 2. The first-order valence-corrected chi connectivity index (χ1v) is 9.27. The van der Waals surface area contributed by atoms with Crippen molar-refractivity contribution in [1.82, 2.24) is 9.80 Å². The van der Waals surface area contributed by atoms with E-state index in [1.807, 2.05) is 51.1 Å². The normalized spacial score (nSPS) is 22.7. The molecule has 3 fully saturated rings. The van der Waals surface area contributed by atoms with Gasteiger partial charge in [-0.2, -0.15) is 0 Å². The van der Waals surface area contributed by atoms with Crippen LogP contribution in [0.5, 0.6) is 0 Å². The van der Waals surface area contributed by atoms with Crippen LogP contribution >= 0.6 is 0 Å². The second kappa shape index (κ2) is 7.56. The molecule has 3 aliphatic rings. The Bertz CT molecular complexity index is 641. The number of hydrogen-bond acceptors (Lipinski definition) is 4. The molecule has 0 saturated carbocycles. The van der Waals surface area contributed by atoms with Crippen LogP contribution in [0.1, 0.15) is 39.2 Å². The van der Waals surface area contributed by atoms with E-state index >= 15 is 0 Å². The zero-order chi connectivity index (χ0) is 18.7. The summed E-state index contributed by atoms with van der Waals surface area (Å²) in [6.07, 6.45) is 1.32. The maximum atomic E-state index is 12.5. The van der Waals surface area contributed by atoms with Crippen molar-refractivity contribution in [3.63, 3.8) is 0 Å². The largest absolute Gasteiger partial charge is 0.445 e. The molecule has 26 heavy (non-hydrogen) atoms. The Hall–Kier alpha value is -2.24. The molecule has 1 aromatic rings. The molecule has 0 aliphatic carbocycles. The number of hydrogen-bond donors (Lipinski definition) is 0. The smallest absolute Gasteiger partial charge is 0.410 e. The fraction of sp³-hybridized carbons (Fsp3) is 0.600. The van der Waals surface area contributed by atoms with Gasteiger partial charge in [0.2, 0.25) is 0 Å². The molecular weight excluding hydrogens is 332 g/mol. The summed E-state index contributed by atoms with van der Waals surface area (Å²) >= 11 is 0. The molecule has 2 amide bonds. The maximum Gasteiger partial charge on any atom is 0.410 e. The number of amides is 2. The first-order valence-electron chi connectivity index (χ1n) is 9.27. The third-order valence-electron chi connectivity index (χ3n) is 4.80. The Kier molecular flexibility index (Phi) is 5.39. The van der Waals surface area contributed by atoms with E-state index in [9.17, 15) is 9.59 Å². The fourth-order valence-electron chi connectivity index (χ4n) is 3.59. The molecule has 0 N–H and O–H groups in total. The molecule has 2 atom stereocenters. The number of benzene rings is 1. The lowest BCUT2D eigenvalue weighted by Crippen LogP contribution is -2.49. The molecule has 6 heteroatoms. The molecule has 0 unspecified atom stereocenters. The van der Waals surface area contributed by atoms with Crippen molar-refractivity contribution in [3.8, 4) is 0 Å². The molecular formula is C20H28N2O4. The minimum atomic E-state index is -0.517. The van der Waals surface area contributed by atoms with Crippen molar-refractivity contribution in [2.24, 2.45) is 5.92 Å². The van der Waals surface area contributed by atoms with Crippen LogP contribution in [0.25, 0.3) is 0 Å². The van der Waals surface area contributed by atoms with E-state index in [2.05, 4.69) is 0 Å².